The van der Waals surface area contributed by atoms with Crippen LogP contribution in [-0.4, -0.2) is 58.7 Å². The van der Waals surface area contributed by atoms with E-state index in [-0.39, 0.29) is 12.6 Å². The highest BCUT2D eigenvalue weighted by Crippen LogP contribution is 2.30. The molecule has 2 fully saturated rings. The SMILES string of the molecule is CC(C)(C)[C@H](NC(=O)OC1CCCC1)C(=O)N1C(=O)N(c2ccc(-c3ccccc3)cc2)C[C@H]1C(=O)O. The fourth-order valence-corrected chi connectivity index (χ4v) is 4.81. The molecule has 2 aromatic rings. The van der Waals surface area contributed by atoms with Gasteiger partial charge in [-0.3, -0.25) is 9.69 Å². The Bertz CT molecular complexity index is 1150. The fraction of sp³-hybridized carbons (Fsp3) is 0.429. The third-order valence-corrected chi connectivity index (χ3v) is 6.86. The van der Waals surface area contributed by atoms with Gasteiger partial charge in [-0.15, -0.1) is 0 Å². The number of alkyl carbamates (subject to hydrolysis) is 1. The van der Waals surface area contributed by atoms with Crippen molar-refractivity contribution in [3.63, 3.8) is 0 Å². The lowest BCUT2D eigenvalue weighted by atomic mass is 9.85. The number of carboxylic acid groups (broad SMARTS) is 1. The Kier molecular flexibility index (Phi) is 7.52. The van der Waals surface area contributed by atoms with Crippen molar-refractivity contribution in [1.82, 2.24) is 10.2 Å². The molecule has 0 aromatic heterocycles. The lowest BCUT2D eigenvalue weighted by molar-refractivity contribution is -0.147. The van der Waals surface area contributed by atoms with Gasteiger partial charge in [-0.1, -0.05) is 63.2 Å². The van der Waals surface area contributed by atoms with Crippen molar-refractivity contribution in [3.8, 4) is 11.1 Å². The van der Waals surface area contributed by atoms with Gasteiger partial charge in [-0.05, 0) is 54.4 Å². The number of nitrogens with one attached hydrogen (secondary N) is 1. The number of urea groups is 1. The summed E-state index contributed by atoms with van der Waals surface area (Å²) in [5.41, 5.74) is 1.62. The van der Waals surface area contributed by atoms with Crippen molar-refractivity contribution in [2.75, 3.05) is 11.4 Å². The molecule has 2 aromatic carbocycles. The molecule has 1 aliphatic heterocycles. The first-order valence-corrected chi connectivity index (χ1v) is 12.6. The molecule has 2 atom stereocenters. The van der Waals surface area contributed by atoms with Crippen LogP contribution in [0, 0.1) is 5.41 Å². The minimum atomic E-state index is -1.40. The molecule has 2 aliphatic rings. The first-order chi connectivity index (χ1) is 17.6. The molecule has 1 saturated carbocycles. The van der Waals surface area contributed by atoms with Crippen molar-refractivity contribution < 1.29 is 29.0 Å². The van der Waals surface area contributed by atoms with Gasteiger partial charge in [0.15, 0.2) is 6.04 Å². The van der Waals surface area contributed by atoms with Gasteiger partial charge in [0, 0.05) is 5.69 Å². The molecule has 0 bridgehead atoms. The number of benzene rings is 2. The van der Waals surface area contributed by atoms with Crippen LogP contribution in [0.1, 0.15) is 46.5 Å². The first-order valence-electron chi connectivity index (χ1n) is 12.6. The van der Waals surface area contributed by atoms with Gasteiger partial charge in [-0.25, -0.2) is 19.3 Å². The zero-order valence-corrected chi connectivity index (χ0v) is 21.3. The second-order valence-corrected chi connectivity index (χ2v) is 10.6. The smallest absolute Gasteiger partial charge is 0.408 e. The van der Waals surface area contributed by atoms with Gasteiger partial charge in [0.1, 0.15) is 12.1 Å². The number of aliphatic carboxylic acids is 1. The summed E-state index contributed by atoms with van der Waals surface area (Å²) in [6.07, 6.45) is 2.54. The predicted molar refractivity (Wildman–Crippen MR) is 138 cm³/mol. The van der Waals surface area contributed by atoms with Crippen LogP contribution >= 0.6 is 0 Å². The molecule has 0 spiro atoms. The molecule has 37 heavy (non-hydrogen) atoms. The quantitative estimate of drug-likeness (QED) is 0.588. The van der Waals surface area contributed by atoms with Crippen LogP contribution < -0.4 is 10.2 Å². The number of nitrogens with zero attached hydrogens (tertiary/aromatic N) is 2. The normalized spacial score (nSPS) is 19.1. The zero-order chi connectivity index (χ0) is 26.7. The van der Waals surface area contributed by atoms with E-state index < -0.39 is 41.5 Å². The Balaban J connectivity index is 1.55. The summed E-state index contributed by atoms with van der Waals surface area (Å²) in [4.78, 5) is 53.8. The van der Waals surface area contributed by atoms with E-state index in [1.165, 1.54) is 4.90 Å². The number of carbonyl (C=O) groups excluding carboxylic acids is 3. The van der Waals surface area contributed by atoms with E-state index in [4.69, 9.17) is 4.74 Å². The van der Waals surface area contributed by atoms with Gasteiger partial charge in [-0.2, -0.15) is 0 Å². The second-order valence-electron chi connectivity index (χ2n) is 10.6. The average Bonchev–Trinajstić information content (AvgIpc) is 3.49. The Labute approximate surface area is 216 Å². The molecule has 1 aliphatic carbocycles. The lowest BCUT2D eigenvalue weighted by Crippen LogP contribution is -2.58. The highest BCUT2D eigenvalue weighted by atomic mass is 16.6. The van der Waals surface area contributed by atoms with E-state index in [0.717, 1.165) is 41.7 Å². The molecule has 4 rings (SSSR count). The Morgan fingerprint density at radius 2 is 1.57 bits per heavy atom. The van der Waals surface area contributed by atoms with Gasteiger partial charge >= 0.3 is 18.1 Å². The van der Waals surface area contributed by atoms with Crippen LogP contribution in [0.25, 0.3) is 11.1 Å². The first kappa shape index (κ1) is 26.2. The number of carboxylic acids is 1. The van der Waals surface area contributed by atoms with E-state index in [9.17, 15) is 24.3 Å². The molecule has 4 amide bonds. The van der Waals surface area contributed by atoms with Gasteiger partial charge < -0.3 is 15.2 Å². The maximum atomic E-state index is 13.7. The molecule has 9 nitrogen and oxygen atoms in total. The van der Waals surface area contributed by atoms with Crippen molar-refractivity contribution in [2.24, 2.45) is 5.41 Å². The lowest BCUT2D eigenvalue weighted by Gasteiger charge is -2.33. The summed E-state index contributed by atoms with van der Waals surface area (Å²) in [6, 6.07) is 13.6. The number of hydrogen-bond acceptors (Lipinski definition) is 5. The van der Waals surface area contributed by atoms with Crippen LogP contribution in [0.5, 0.6) is 0 Å². The predicted octanol–water partition coefficient (Wildman–Crippen LogP) is 4.66. The average molecular weight is 508 g/mol. The van der Waals surface area contributed by atoms with Crippen molar-refractivity contribution in [3.05, 3.63) is 54.6 Å². The number of carbonyl (C=O) groups is 4. The molecular weight excluding hydrogens is 474 g/mol. The van der Waals surface area contributed by atoms with Crippen molar-refractivity contribution in [1.29, 1.82) is 0 Å². The summed E-state index contributed by atoms with van der Waals surface area (Å²) >= 11 is 0. The van der Waals surface area contributed by atoms with Gasteiger partial charge in [0.05, 0.1) is 6.54 Å². The minimum absolute atomic E-state index is 0.200. The topological polar surface area (TPSA) is 116 Å². The summed E-state index contributed by atoms with van der Waals surface area (Å²) in [5, 5.41) is 12.5. The fourth-order valence-electron chi connectivity index (χ4n) is 4.81. The Morgan fingerprint density at radius 1 is 0.973 bits per heavy atom. The number of imide groups is 1. The van der Waals surface area contributed by atoms with Crippen molar-refractivity contribution in [2.45, 2.75) is 64.6 Å². The van der Waals surface area contributed by atoms with Crippen LogP contribution in [0.2, 0.25) is 0 Å². The third kappa shape index (κ3) is 5.76. The summed E-state index contributed by atoms with van der Waals surface area (Å²) < 4.78 is 5.46. The number of anilines is 1. The van der Waals surface area contributed by atoms with E-state index in [1.54, 1.807) is 32.9 Å². The summed E-state index contributed by atoms with van der Waals surface area (Å²) in [5.74, 6) is -2.08. The molecule has 9 heteroatoms. The van der Waals surface area contributed by atoms with Crippen LogP contribution in [0.15, 0.2) is 54.6 Å². The zero-order valence-electron chi connectivity index (χ0n) is 21.3. The van der Waals surface area contributed by atoms with E-state index >= 15 is 0 Å². The van der Waals surface area contributed by atoms with Gasteiger partial charge in [0.2, 0.25) is 0 Å². The molecule has 1 saturated heterocycles. The van der Waals surface area contributed by atoms with Crippen LogP contribution in [0.3, 0.4) is 0 Å². The Hall–Kier alpha value is -3.88. The van der Waals surface area contributed by atoms with Crippen molar-refractivity contribution >= 4 is 29.7 Å². The van der Waals surface area contributed by atoms with Crippen LogP contribution in [-0.2, 0) is 14.3 Å². The monoisotopic (exact) mass is 507 g/mol. The number of rotatable bonds is 6. The van der Waals surface area contributed by atoms with E-state index in [2.05, 4.69) is 5.32 Å². The van der Waals surface area contributed by atoms with E-state index in [1.807, 2.05) is 42.5 Å². The summed E-state index contributed by atoms with van der Waals surface area (Å²) in [6.45, 7) is 5.01. The largest absolute Gasteiger partial charge is 0.480 e. The third-order valence-electron chi connectivity index (χ3n) is 6.86. The number of amides is 4. The molecule has 2 N–H and O–H groups in total. The van der Waals surface area contributed by atoms with E-state index in [0.29, 0.717) is 5.69 Å². The summed E-state index contributed by atoms with van der Waals surface area (Å²) in [7, 11) is 0. The van der Waals surface area contributed by atoms with Gasteiger partial charge in [0.25, 0.3) is 5.91 Å². The molecule has 196 valence electrons. The maximum absolute atomic E-state index is 13.7. The maximum Gasteiger partial charge on any atom is 0.408 e. The minimum Gasteiger partial charge on any atom is -0.480 e. The molecule has 0 unspecified atom stereocenters. The highest BCUT2D eigenvalue weighted by Gasteiger charge is 2.50. The Morgan fingerprint density at radius 3 is 2.14 bits per heavy atom. The highest BCUT2D eigenvalue weighted by molar-refractivity contribution is 6.10. The molecule has 0 radical (unpaired) electrons. The second kappa shape index (κ2) is 10.6. The number of hydrogen-bond donors (Lipinski definition) is 2. The number of ether oxygens (including phenoxy) is 1. The van der Waals surface area contributed by atoms with Crippen LogP contribution in [0.4, 0.5) is 15.3 Å². The molecule has 1 heterocycles. The molecular formula is C28H33N3O6. The standard InChI is InChI=1S/C28H33N3O6/c1-28(2,3)23(29-26(35)37-21-11-7-8-12-21)24(32)31-22(25(33)34)17-30(27(31)36)20-15-13-19(14-16-20)18-9-5-4-6-10-18/h4-6,9-10,13-16,21-23H,7-8,11-12,17H2,1-3H3,(H,29,35)(H,33,34)/t22-,23+/m0/s1.